The number of hydrogen-bond donors (Lipinski definition) is 2. The van der Waals surface area contributed by atoms with Gasteiger partial charge in [0.05, 0.1) is 5.02 Å². The van der Waals surface area contributed by atoms with E-state index in [1.165, 1.54) is 12.0 Å². The fraction of sp³-hybridized carbons (Fsp3) is 0.312. The predicted molar refractivity (Wildman–Crippen MR) is 82.6 cm³/mol. The zero-order valence-corrected chi connectivity index (χ0v) is 12.0. The lowest BCUT2D eigenvalue weighted by atomic mass is 9.59. The van der Waals surface area contributed by atoms with Gasteiger partial charge in [0, 0.05) is 23.2 Å². The Morgan fingerprint density at radius 1 is 1.20 bits per heavy atom. The molecule has 20 heavy (non-hydrogen) atoms. The summed E-state index contributed by atoms with van der Waals surface area (Å²) in [5.41, 5.74) is 14.6. The highest BCUT2D eigenvalue weighted by atomic mass is 35.5. The van der Waals surface area contributed by atoms with Gasteiger partial charge in [-0.1, -0.05) is 48.4 Å². The van der Waals surface area contributed by atoms with Crippen LogP contribution >= 0.6 is 11.6 Å². The van der Waals surface area contributed by atoms with Crippen LogP contribution in [0.15, 0.2) is 42.6 Å². The van der Waals surface area contributed by atoms with Crippen LogP contribution < -0.4 is 11.5 Å². The SMILES string of the molecule is Nc1ncc(Cl)cc1C(N)C1(c2ccccc2)CCC1. The van der Waals surface area contributed by atoms with Gasteiger partial charge in [0.2, 0.25) is 0 Å². The van der Waals surface area contributed by atoms with Gasteiger partial charge in [-0.15, -0.1) is 0 Å². The van der Waals surface area contributed by atoms with E-state index in [0.29, 0.717) is 10.8 Å². The number of nitrogen functional groups attached to an aromatic ring is 1. The van der Waals surface area contributed by atoms with Crippen molar-refractivity contribution < 1.29 is 0 Å². The molecule has 3 nitrogen and oxygen atoms in total. The van der Waals surface area contributed by atoms with Crippen LogP contribution in [0.1, 0.15) is 36.4 Å². The molecule has 3 rings (SSSR count). The molecule has 1 atom stereocenters. The van der Waals surface area contributed by atoms with Crippen LogP contribution in [0.3, 0.4) is 0 Å². The van der Waals surface area contributed by atoms with Crippen molar-refractivity contribution in [2.24, 2.45) is 5.73 Å². The van der Waals surface area contributed by atoms with Crippen LogP contribution in [-0.2, 0) is 5.41 Å². The molecule has 1 aromatic heterocycles. The number of pyridine rings is 1. The van der Waals surface area contributed by atoms with Gasteiger partial charge < -0.3 is 11.5 Å². The van der Waals surface area contributed by atoms with Gasteiger partial charge in [-0.3, -0.25) is 0 Å². The average molecular weight is 288 g/mol. The number of hydrogen-bond acceptors (Lipinski definition) is 3. The second-order valence-corrected chi connectivity index (χ2v) is 5.92. The number of aromatic nitrogens is 1. The van der Waals surface area contributed by atoms with E-state index in [9.17, 15) is 0 Å². The molecule has 2 aromatic rings. The Hall–Kier alpha value is -1.58. The summed E-state index contributed by atoms with van der Waals surface area (Å²) in [7, 11) is 0. The van der Waals surface area contributed by atoms with Crippen molar-refractivity contribution in [1.82, 2.24) is 4.98 Å². The quantitative estimate of drug-likeness (QED) is 0.909. The third-order valence-electron chi connectivity index (χ3n) is 4.44. The van der Waals surface area contributed by atoms with Crippen LogP contribution in [0.5, 0.6) is 0 Å². The molecule has 0 amide bonds. The third kappa shape index (κ3) is 2.07. The van der Waals surface area contributed by atoms with Crippen LogP contribution in [0, 0.1) is 0 Å². The fourth-order valence-corrected chi connectivity index (χ4v) is 3.29. The monoisotopic (exact) mass is 287 g/mol. The molecule has 1 aliphatic rings. The molecule has 0 spiro atoms. The Morgan fingerprint density at radius 2 is 1.90 bits per heavy atom. The van der Waals surface area contributed by atoms with Gasteiger partial charge in [-0.25, -0.2) is 4.98 Å². The molecular weight excluding hydrogens is 270 g/mol. The number of rotatable bonds is 3. The van der Waals surface area contributed by atoms with Gasteiger partial charge in [-0.2, -0.15) is 0 Å². The zero-order valence-electron chi connectivity index (χ0n) is 11.2. The molecule has 104 valence electrons. The Labute approximate surface area is 124 Å². The lowest BCUT2D eigenvalue weighted by molar-refractivity contribution is 0.196. The minimum absolute atomic E-state index is 0.0399. The first-order valence-electron chi connectivity index (χ1n) is 6.85. The first kappa shape index (κ1) is 13.4. The third-order valence-corrected chi connectivity index (χ3v) is 4.65. The Balaban J connectivity index is 2.03. The predicted octanol–water partition coefficient (Wildman–Crippen LogP) is 3.44. The standard InChI is InChI=1S/C16H18ClN3/c17-12-9-13(15(19)20-10-12)14(18)16(7-4-8-16)11-5-2-1-3-6-11/h1-3,5-6,9-10,14H,4,7-8,18H2,(H2,19,20). The Bertz CT molecular complexity index is 608. The van der Waals surface area contributed by atoms with E-state index in [2.05, 4.69) is 29.2 Å². The fourth-order valence-electron chi connectivity index (χ4n) is 3.12. The van der Waals surface area contributed by atoms with Crippen LogP contribution in [0.25, 0.3) is 0 Å². The van der Waals surface area contributed by atoms with Crippen molar-refractivity contribution >= 4 is 17.4 Å². The normalized spacial score (nSPS) is 18.3. The number of nitrogens with two attached hydrogens (primary N) is 2. The van der Waals surface area contributed by atoms with E-state index in [4.69, 9.17) is 23.1 Å². The van der Waals surface area contributed by atoms with E-state index < -0.39 is 0 Å². The van der Waals surface area contributed by atoms with Crippen molar-refractivity contribution in [2.75, 3.05) is 5.73 Å². The minimum atomic E-state index is -0.176. The minimum Gasteiger partial charge on any atom is -0.383 e. The molecule has 0 saturated heterocycles. The van der Waals surface area contributed by atoms with E-state index in [0.717, 1.165) is 18.4 Å². The van der Waals surface area contributed by atoms with Gasteiger partial charge in [-0.05, 0) is 24.5 Å². The number of nitrogens with zero attached hydrogens (tertiary/aromatic N) is 1. The summed E-state index contributed by atoms with van der Waals surface area (Å²) < 4.78 is 0. The molecule has 0 radical (unpaired) electrons. The summed E-state index contributed by atoms with van der Waals surface area (Å²) in [6.45, 7) is 0. The van der Waals surface area contributed by atoms with E-state index in [-0.39, 0.29) is 11.5 Å². The highest BCUT2D eigenvalue weighted by molar-refractivity contribution is 6.30. The summed E-state index contributed by atoms with van der Waals surface area (Å²) in [4.78, 5) is 4.13. The Kier molecular flexibility index (Phi) is 3.40. The van der Waals surface area contributed by atoms with Crippen molar-refractivity contribution in [3.8, 4) is 0 Å². The molecule has 0 bridgehead atoms. The largest absolute Gasteiger partial charge is 0.383 e. The number of anilines is 1. The molecule has 1 unspecified atom stereocenters. The second kappa shape index (κ2) is 5.08. The maximum atomic E-state index is 6.56. The van der Waals surface area contributed by atoms with Gasteiger partial charge in [0.1, 0.15) is 5.82 Å². The van der Waals surface area contributed by atoms with Crippen molar-refractivity contribution in [2.45, 2.75) is 30.7 Å². The molecular formula is C16H18ClN3. The molecule has 1 heterocycles. The van der Waals surface area contributed by atoms with Crippen LogP contribution in [-0.4, -0.2) is 4.98 Å². The number of benzene rings is 1. The highest BCUT2D eigenvalue weighted by Crippen LogP contribution is 2.51. The van der Waals surface area contributed by atoms with Crippen LogP contribution in [0.4, 0.5) is 5.82 Å². The van der Waals surface area contributed by atoms with Crippen molar-refractivity contribution in [1.29, 1.82) is 0 Å². The molecule has 1 fully saturated rings. The lowest BCUT2D eigenvalue weighted by Gasteiger charge is -2.47. The average Bonchev–Trinajstić information content (AvgIpc) is 2.41. The molecule has 1 aromatic carbocycles. The van der Waals surface area contributed by atoms with Gasteiger partial charge >= 0.3 is 0 Å². The van der Waals surface area contributed by atoms with E-state index >= 15 is 0 Å². The molecule has 1 aliphatic carbocycles. The number of halogens is 1. The topological polar surface area (TPSA) is 64.9 Å². The smallest absolute Gasteiger partial charge is 0.128 e. The highest BCUT2D eigenvalue weighted by Gasteiger charge is 2.45. The van der Waals surface area contributed by atoms with Crippen molar-refractivity contribution in [3.63, 3.8) is 0 Å². The maximum absolute atomic E-state index is 6.56. The summed E-state index contributed by atoms with van der Waals surface area (Å²) in [6, 6.07) is 12.1. The van der Waals surface area contributed by atoms with Gasteiger partial charge in [0.15, 0.2) is 0 Å². The first-order valence-corrected chi connectivity index (χ1v) is 7.23. The summed E-state index contributed by atoms with van der Waals surface area (Å²) in [5.74, 6) is 0.476. The maximum Gasteiger partial charge on any atom is 0.128 e. The molecule has 0 aliphatic heterocycles. The molecule has 4 N–H and O–H groups in total. The first-order chi connectivity index (χ1) is 9.63. The van der Waals surface area contributed by atoms with Crippen molar-refractivity contribution in [3.05, 3.63) is 58.7 Å². The van der Waals surface area contributed by atoms with Crippen LogP contribution in [0.2, 0.25) is 5.02 Å². The molecule has 4 heteroatoms. The summed E-state index contributed by atoms with van der Waals surface area (Å²) >= 11 is 6.04. The summed E-state index contributed by atoms with van der Waals surface area (Å²) in [6.07, 6.45) is 4.90. The molecule has 1 saturated carbocycles. The Morgan fingerprint density at radius 3 is 2.50 bits per heavy atom. The summed E-state index contributed by atoms with van der Waals surface area (Å²) in [5, 5.41) is 0.576. The second-order valence-electron chi connectivity index (χ2n) is 5.48. The zero-order chi connectivity index (χ0) is 14.2. The van der Waals surface area contributed by atoms with Gasteiger partial charge in [0.25, 0.3) is 0 Å². The van der Waals surface area contributed by atoms with E-state index in [1.54, 1.807) is 6.20 Å². The lowest BCUT2D eigenvalue weighted by Crippen LogP contribution is -2.44. The van der Waals surface area contributed by atoms with E-state index in [1.807, 2.05) is 12.1 Å².